The maximum absolute atomic E-state index is 12.5. The molecule has 0 aliphatic carbocycles. The number of amides is 1. The number of nitrogens with zero attached hydrogens (tertiary/aromatic N) is 1. The normalized spacial score (nSPS) is 18.5. The van der Waals surface area contributed by atoms with Crippen LogP contribution in [0.4, 0.5) is 5.69 Å². The van der Waals surface area contributed by atoms with Crippen LogP contribution in [0.15, 0.2) is 23.1 Å². The van der Waals surface area contributed by atoms with Gasteiger partial charge in [0.15, 0.2) is 0 Å². The van der Waals surface area contributed by atoms with Crippen LogP contribution in [0.5, 0.6) is 5.75 Å². The van der Waals surface area contributed by atoms with Crippen LogP contribution < -0.4 is 14.8 Å². The van der Waals surface area contributed by atoms with Gasteiger partial charge in [-0.3, -0.25) is 9.69 Å². The highest BCUT2D eigenvalue weighted by Crippen LogP contribution is 2.27. The fourth-order valence-corrected chi connectivity index (χ4v) is 4.05. The van der Waals surface area contributed by atoms with Crippen molar-refractivity contribution in [1.82, 2.24) is 9.62 Å². The molecule has 1 fully saturated rings. The Hall–Kier alpha value is -1.64. The molecular formula is C16H25N3O4S. The van der Waals surface area contributed by atoms with E-state index in [-0.39, 0.29) is 16.8 Å². The van der Waals surface area contributed by atoms with Crippen molar-refractivity contribution in [2.75, 3.05) is 32.1 Å². The van der Waals surface area contributed by atoms with Gasteiger partial charge >= 0.3 is 0 Å². The highest BCUT2D eigenvalue weighted by Gasteiger charge is 2.25. The van der Waals surface area contributed by atoms with Crippen molar-refractivity contribution in [1.29, 1.82) is 0 Å². The summed E-state index contributed by atoms with van der Waals surface area (Å²) in [4.78, 5) is 13.6. The van der Waals surface area contributed by atoms with Crippen LogP contribution in [0, 0.1) is 0 Å². The highest BCUT2D eigenvalue weighted by atomic mass is 32.2. The van der Waals surface area contributed by atoms with E-state index in [9.17, 15) is 13.2 Å². The first-order chi connectivity index (χ1) is 11.4. The Morgan fingerprint density at radius 3 is 2.79 bits per heavy atom. The smallest absolute Gasteiger partial charge is 0.240 e. The van der Waals surface area contributed by atoms with Crippen molar-refractivity contribution < 1.29 is 17.9 Å². The van der Waals surface area contributed by atoms with Gasteiger partial charge in [-0.25, -0.2) is 13.1 Å². The van der Waals surface area contributed by atoms with Crippen molar-refractivity contribution in [3.63, 3.8) is 0 Å². The number of carbonyl (C=O) groups excluding carboxylic acids is 1. The first-order valence-corrected chi connectivity index (χ1v) is 9.55. The zero-order chi connectivity index (χ0) is 17.7. The summed E-state index contributed by atoms with van der Waals surface area (Å²) < 4.78 is 32.9. The van der Waals surface area contributed by atoms with Gasteiger partial charge in [-0.15, -0.1) is 0 Å². The molecule has 134 valence electrons. The molecule has 2 rings (SSSR count). The monoisotopic (exact) mass is 355 g/mol. The van der Waals surface area contributed by atoms with E-state index in [1.165, 1.54) is 32.2 Å². The third-order valence-electron chi connectivity index (χ3n) is 4.21. The zero-order valence-corrected chi connectivity index (χ0v) is 15.1. The Balaban J connectivity index is 2.12. The van der Waals surface area contributed by atoms with Crippen molar-refractivity contribution in [3.05, 3.63) is 18.2 Å². The number of likely N-dealkylation sites (tertiary alicyclic amines) is 1. The maximum atomic E-state index is 12.5. The minimum atomic E-state index is -3.63. The summed E-state index contributed by atoms with van der Waals surface area (Å²) >= 11 is 0. The summed E-state index contributed by atoms with van der Waals surface area (Å²) in [6, 6.07) is 4.65. The Kier molecular flexibility index (Phi) is 6.20. The van der Waals surface area contributed by atoms with Crippen molar-refractivity contribution in [2.24, 2.45) is 0 Å². The molecular weight excluding hydrogens is 330 g/mol. The number of methoxy groups -OCH3 is 1. The third-order valence-corrected chi connectivity index (χ3v) is 5.63. The fraction of sp³-hybridized carbons (Fsp3) is 0.562. The van der Waals surface area contributed by atoms with E-state index in [0.29, 0.717) is 18.0 Å². The van der Waals surface area contributed by atoms with Crippen LogP contribution in [0.2, 0.25) is 0 Å². The number of nitrogens with one attached hydrogen (secondary N) is 2. The van der Waals surface area contributed by atoms with Crippen LogP contribution in [-0.4, -0.2) is 52.0 Å². The minimum Gasteiger partial charge on any atom is -0.495 e. The lowest BCUT2D eigenvalue weighted by Gasteiger charge is -2.23. The second-order valence-corrected chi connectivity index (χ2v) is 7.59. The predicted molar refractivity (Wildman–Crippen MR) is 92.8 cm³/mol. The highest BCUT2D eigenvalue weighted by molar-refractivity contribution is 7.89. The summed E-state index contributed by atoms with van der Waals surface area (Å²) in [5.41, 5.74) is 0.442. The van der Waals surface area contributed by atoms with Gasteiger partial charge in [0, 0.05) is 25.6 Å². The number of hydrogen-bond acceptors (Lipinski definition) is 5. The molecule has 0 aromatic heterocycles. The molecule has 1 saturated heterocycles. The average Bonchev–Trinajstić information content (AvgIpc) is 3.00. The molecule has 0 saturated carbocycles. The SMILES string of the molecule is CCN1CCC[C@H]1CNS(=O)(=O)c1ccc(NC(C)=O)c(OC)c1. The van der Waals surface area contributed by atoms with E-state index in [4.69, 9.17) is 4.74 Å². The number of rotatable bonds is 7. The van der Waals surface area contributed by atoms with Crippen molar-refractivity contribution >= 4 is 21.6 Å². The maximum Gasteiger partial charge on any atom is 0.240 e. The molecule has 0 spiro atoms. The first kappa shape index (κ1) is 18.7. The van der Waals surface area contributed by atoms with E-state index in [0.717, 1.165) is 25.9 Å². The van der Waals surface area contributed by atoms with Gasteiger partial charge in [0.1, 0.15) is 5.75 Å². The lowest BCUT2D eigenvalue weighted by Crippen LogP contribution is -2.39. The van der Waals surface area contributed by atoms with Crippen LogP contribution >= 0.6 is 0 Å². The minimum absolute atomic E-state index is 0.120. The van der Waals surface area contributed by atoms with E-state index in [1.54, 1.807) is 0 Å². The number of likely N-dealkylation sites (N-methyl/N-ethyl adjacent to an activating group) is 1. The Morgan fingerprint density at radius 2 is 2.17 bits per heavy atom. The molecule has 0 radical (unpaired) electrons. The molecule has 0 unspecified atom stereocenters. The van der Waals surface area contributed by atoms with Crippen molar-refractivity contribution in [3.8, 4) is 5.75 Å². The largest absolute Gasteiger partial charge is 0.495 e. The average molecular weight is 355 g/mol. The predicted octanol–water partition coefficient (Wildman–Crippen LogP) is 1.42. The van der Waals surface area contributed by atoms with Gasteiger partial charge in [-0.2, -0.15) is 0 Å². The molecule has 24 heavy (non-hydrogen) atoms. The second-order valence-electron chi connectivity index (χ2n) is 5.82. The molecule has 1 atom stereocenters. The molecule has 0 bridgehead atoms. The van der Waals surface area contributed by atoms with E-state index < -0.39 is 10.0 Å². The van der Waals surface area contributed by atoms with Gasteiger partial charge in [0.2, 0.25) is 15.9 Å². The lowest BCUT2D eigenvalue weighted by atomic mass is 10.2. The number of ether oxygens (including phenoxy) is 1. The summed E-state index contributed by atoms with van der Waals surface area (Å²) in [7, 11) is -2.19. The lowest BCUT2D eigenvalue weighted by molar-refractivity contribution is -0.114. The van der Waals surface area contributed by atoms with Gasteiger partial charge in [0.25, 0.3) is 0 Å². The van der Waals surface area contributed by atoms with E-state index >= 15 is 0 Å². The third kappa shape index (κ3) is 4.46. The molecule has 1 heterocycles. The Labute approximate surface area is 143 Å². The van der Waals surface area contributed by atoms with Gasteiger partial charge in [-0.05, 0) is 38.1 Å². The van der Waals surface area contributed by atoms with E-state index in [1.807, 2.05) is 0 Å². The number of carbonyl (C=O) groups is 1. The molecule has 1 amide bonds. The second kappa shape index (κ2) is 7.96. The van der Waals surface area contributed by atoms with Gasteiger partial charge in [0.05, 0.1) is 17.7 Å². The molecule has 1 aromatic carbocycles. The quantitative estimate of drug-likeness (QED) is 0.772. The topological polar surface area (TPSA) is 87.7 Å². The van der Waals surface area contributed by atoms with Gasteiger partial charge < -0.3 is 10.1 Å². The standard InChI is InChI=1S/C16H25N3O4S/c1-4-19-9-5-6-13(19)11-17-24(21,22)14-7-8-15(18-12(2)20)16(10-14)23-3/h7-8,10,13,17H,4-6,9,11H2,1-3H3,(H,18,20)/t13-/m0/s1. The molecule has 7 nitrogen and oxygen atoms in total. The summed E-state index contributed by atoms with van der Waals surface area (Å²) in [6.07, 6.45) is 2.10. The first-order valence-electron chi connectivity index (χ1n) is 8.06. The van der Waals surface area contributed by atoms with Crippen LogP contribution in [0.1, 0.15) is 26.7 Å². The molecule has 8 heteroatoms. The van der Waals surface area contributed by atoms with Crippen LogP contribution in [-0.2, 0) is 14.8 Å². The molecule has 1 aliphatic rings. The number of hydrogen-bond donors (Lipinski definition) is 2. The summed E-state index contributed by atoms with van der Waals surface area (Å²) in [5.74, 6) is 0.0621. The van der Waals surface area contributed by atoms with Crippen LogP contribution in [0.25, 0.3) is 0 Å². The summed E-state index contributed by atoms with van der Waals surface area (Å²) in [6.45, 7) is 5.80. The molecule has 2 N–H and O–H groups in total. The fourth-order valence-electron chi connectivity index (χ4n) is 2.96. The van der Waals surface area contributed by atoms with Gasteiger partial charge in [-0.1, -0.05) is 6.92 Å². The summed E-state index contributed by atoms with van der Waals surface area (Å²) in [5, 5.41) is 2.61. The van der Waals surface area contributed by atoms with E-state index in [2.05, 4.69) is 21.9 Å². The molecule has 1 aliphatic heterocycles. The molecule has 1 aromatic rings. The number of benzene rings is 1. The van der Waals surface area contributed by atoms with Crippen LogP contribution in [0.3, 0.4) is 0 Å². The Bertz CT molecular complexity index is 691. The zero-order valence-electron chi connectivity index (χ0n) is 14.3. The van der Waals surface area contributed by atoms with Crippen molar-refractivity contribution in [2.45, 2.75) is 37.6 Å². The number of sulfonamides is 1. The Morgan fingerprint density at radius 1 is 1.42 bits per heavy atom. The number of anilines is 1.